The number of carbonyl (C=O) groups excluding carboxylic acids is 1. The van der Waals surface area contributed by atoms with Crippen LogP contribution in [-0.2, 0) is 4.79 Å². The van der Waals surface area contributed by atoms with Gasteiger partial charge in [-0.25, -0.2) is 0 Å². The molecule has 160 valence electrons. The number of amides is 1. The van der Waals surface area contributed by atoms with Crippen molar-refractivity contribution in [2.24, 2.45) is 16.6 Å². The lowest BCUT2D eigenvalue weighted by Crippen LogP contribution is -2.47. The molecule has 3 N–H and O–H groups in total. The van der Waals surface area contributed by atoms with E-state index in [1.807, 2.05) is 12.1 Å². The molecule has 1 fully saturated rings. The minimum Gasteiger partial charge on any atom is -0.468 e. The number of halogens is 1. The van der Waals surface area contributed by atoms with E-state index in [2.05, 4.69) is 35.9 Å². The zero-order valence-electron chi connectivity index (χ0n) is 17.4. The number of hydrogen-bond donors (Lipinski definition) is 2. The van der Waals surface area contributed by atoms with Gasteiger partial charge in [-0.15, -0.1) is 24.0 Å². The molecule has 1 saturated heterocycles. The second-order valence-corrected chi connectivity index (χ2v) is 7.07. The summed E-state index contributed by atoms with van der Waals surface area (Å²) in [7, 11) is 0. The van der Waals surface area contributed by atoms with Crippen LogP contribution in [0.1, 0.15) is 51.8 Å². The highest BCUT2D eigenvalue weighted by molar-refractivity contribution is 14.0. The van der Waals surface area contributed by atoms with Gasteiger partial charge in [-0.3, -0.25) is 14.7 Å². The van der Waals surface area contributed by atoms with Gasteiger partial charge >= 0.3 is 0 Å². The fourth-order valence-electron chi connectivity index (χ4n) is 3.84. The third kappa shape index (κ3) is 7.27. The molecule has 2 unspecified atom stereocenters. The standard InChI is InChI=1S/C20H35N5O2.HI/c1-4-22-20(25-11-7-9-16(15-25)13-19(21)26)23-14-17(24(5-2)6-3)18-10-8-12-27-18;/h8,10,12,16-17H,4-7,9,11,13-15H2,1-3H3,(H2,21,26)(H,22,23);1H. The van der Waals surface area contributed by atoms with Crippen LogP contribution in [0.4, 0.5) is 0 Å². The van der Waals surface area contributed by atoms with Crippen LogP contribution in [0.3, 0.4) is 0 Å². The van der Waals surface area contributed by atoms with E-state index in [4.69, 9.17) is 15.1 Å². The maximum Gasteiger partial charge on any atom is 0.217 e. The van der Waals surface area contributed by atoms with E-state index in [-0.39, 0.29) is 35.9 Å². The number of likely N-dealkylation sites (N-methyl/N-ethyl adjacent to an activating group) is 1. The number of guanidine groups is 1. The number of hydrogen-bond acceptors (Lipinski definition) is 4. The summed E-state index contributed by atoms with van der Waals surface area (Å²) in [6, 6.07) is 4.07. The zero-order valence-corrected chi connectivity index (χ0v) is 19.7. The fourth-order valence-corrected chi connectivity index (χ4v) is 3.84. The van der Waals surface area contributed by atoms with E-state index in [0.717, 1.165) is 57.3 Å². The number of aliphatic imine (C=N–C) groups is 1. The largest absolute Gasteiger partial charge is 0.468 e. The number of carbonyl (C=O) groups is 1. The van der Waals surface area contributed by atoms with Crippen molar-refractivity contribution in [2.45, 2.75) is 46.1 Å². The number of furan rings is 1. The molecular weight excluding hydrogens is 469 g/mol. The van der Waals surface area contributed by atoms with Crippen LogP contribution in [0, 0.1) is 5.92 Å². The van der Waals surface area contributed by atoms with Crippen LogP contribution in [-0.4, -0.2) is 60.9 Å². The number of primary amides is 1. The van der Waals surface area contributed by atoms with Gasteiger partial charge in [0.1, 0.15) is 5.76 Å². The molecule has 0 bridgehead atoms. The minimum absolute atomic E-state index is 0. The van der Waals surface area contributed by atoms with Gasteiger partial charge in [-0.1, -0.05) is 13.8 Å². The minimum atomic E-state index is -0.219. The number of nitrogens with one attached hydrogen (secondary N) is 1. The van der Waals surface area contributed by atoms with Crippen LogP contribution in [0.15, 0.2) is 27.8 Å². The molecule has 0 aromatic carbocycles. The molecule has 0 spiro atoms. The first-order chi connectivity index (χ1) is 13.1. The third-order valence-electron chi connectivity index (χ3n) is 5.18. The highest BCUT2D eigenvalue weighted by Gasteiger charge is 2.25. The Hall–Kier alpha value is -1.29. The molecule has 7 nitrogen and oxygen atoms in total. The number of piperidine rings is 1. The Morgan fingerprint density at radius 1 is 1.43 bits per heavy atom. The van der Waals surface area contributed by atoms with Gasteiger partial charge in [-0.05, 0) is 50.9 Å². The van der Waals surface area contributed by atoms with Gasteiger partial charge < -0.3 is 20.4 Å². The Labute approximate surface area is 186 Å². The molecular formula is C20H36IN5O2. The van der Waals surface area contributed by atoms with E-state index >= 15 is 0 Å². The molecule has 1 aromatic heterocycles. The smallest absolute Gasteiger partial charge is 0.217 e. The third-order valence-corrected chi connectivity index (χ3v) is 5.18. The average Bonchev–Trinajstić information content (AvgIpc) is 3.18. The van der Waals surface area contributed by atoms with Crippen LogP contribution in [0.25, 0.3) is 0 Å². The molecule has 1 aliphatic rings. The summed E-state index contributed by atoms with van der Waals surface area (Å²) in [4.78, 5) is 20.9. The fraction of sp³-hybridized carbons (Fsp3) is 0.700. The predicted molar refractivity (Wildman–Crippen MR) is 124 cm³/mol. The van der Waals surface area contributed by atoms with Crippen molar-refractivity contribution in [3.63, 3.8) is 0 Å². The summed E-state index contributed by atoms with van der Waals surface area (Å²) in [5, 5.41) is 3.41. The molecule has 0 radical (unpaired) electrons. The van der Waals surface area contributed by atoms with Gasteiger partial charge in [0.15, 0.2) is 5.96 Å². The van der Waals surface area contributed by atoms with Crippen molar-refractivity contribution < 1.29 is 9.21 Å². The molecule has 0 saturated carbocycles. The molecule has 1 aliphatic heterocycles. The Balaban J connectivity index is 0.00000392. The van der Waals surface area contributed by atoms with Crippen molar-refractivity contribution in [1.82, 2.24) is 15.1 Å². The van der Waals surface area contributed by atoms with E-state index in [0.29, 0.717) is 18.9 Å². The number of nitrogens with two attached hydrogens (primary N) is 1. The van der Waals surface area contributed by atoms with Crippen molar-refractivity contribution in [1.29, 1.82) is 0 Å². The summed E-state index contributed by atoms with van der Waals surface area (Å²) < 4.78 is 5.68. The summed E-state index contributed by atoms with van der Waals surface area (Å²) in [6.07, 6.45) is 4.28. The Kier molecular flexibility index (Phi) is 11.5. The lowest BCUT2D eigenvalue weighted by Gasteiger charge is -2.35. The van der Waals surface area contributed by atoms with Crippen molar-refractivity contribution >= 4 is 35.8 Å². The molecule has 2 atom stereocenters. The van der Waals surface area contributed by atoms with Crippen LogP contribution in [0.2, 0.25) is 0 Å². The van der Waals surface area contributed by atoms with Gasteiger partial charge in [0, 0.05) is 26.1 Å². The number of nitrogens with zero attached hydrogens (tertiary/aromatic N) is 3. The van der Waals surface area contributed by atoms with Gasteiger partial charge in [0.05, 0.1) is 18.8 Å². The van der Waals surface area contributed by atoms with E-state index < -0.39 is 0 Å². The molecule has 2 rings (SSSR count). The van der Waals surface area contributed by atoms with Crippen molar-refractivity contribution in [3.8, 4) is 0 Å². The monoisotopic (exact) mass is 505 g/mol. The lowest BCUT2D eigenvalue weighted by molar-refractivity contribution is -0.119. The normalized spacial score (nSPS) is 18.6. The van der Waals surface area contributed by atoms with Gasteiger partial charge in [0.2, 0.25) is 5.91 Å². The maximum atomic E-state index is 11.3. The number of likely N-dealkylation sites (tertiary alicyclic amines) is 1. The molecule has 28 heavy (non-hydrogen) atoms. The van der Waals surface area contributed by atoms with Crippen LogP contribution in [0.5, 0.6) is 0 Å². The number of rotatable bonds is 9. The molecule has 1 aromatic rings. The Bertz CT molecular complexity index is 589. The highest BCUT2D eigenvalue weighted by Crippen LogP contribution is 2.23. The molecule has 0 aliphatic carbocycles. The van der Waals surface area contributed by atoms with Gasteiger partial charge in [0.25, 0.3) is 0 Å². The van der Waals surface area contributed by atoms with E-state index in [1.54, 1.807) is 6.26 Å². The van der Waals surface area contributed by atoms with Crippen molar-refractivity contribution in [3.05, 3.63) is 24.2 Å². The summed E-state index contributed by atoms with van der Waals surface area (Å²) in [5.74, 6) is 1.95. The van der Waals surface area contributed by atoms with Crippen LogP contribution < -0.4 is 11.1 Å². The van der Waals surface area contributed by atoms with E-state index in [9.17, 15) is 4.79 Å². The van der Waals surface area contributed by atoms with E-state index in [1.165, 1.54) is 0 Å². The first-order valence-corrected chi connectivity index (χ1v) is 10.2. The summed E-state index contributed by atoms with van der Waals surface area (Å²) in [6.45, 7) is 11.5. The SMILES string of the molecule is CCNC(=NCC(c1ccco1)N(CC)CC)N1CCCC(CC(N)=O)C1.I. The molecule has 1 amide bonds. The lowest BCUT2D eigenvalue weighted by atomic mass is 9.95. The first-order valence-electron chi connectivity index (χ1n) is 10.2. The second-order valence-electron chi connectivity index (χ2n) is 7.07. The predicted octanol–water partition coefficient (Wildman–Crippen LogP) is 2.83. The summed E-state index contributed by atoms with van der Waals surface area (Å²) >= 11 is 0. The maximum absolute atomic E-state index is 11.3. The summed E-state index contributed by atoms with van der Waals surface area (Å²) in [5.41, 5.74) is 5.40. The average molecular weight is 505 g/mol. The quantitative estimate of drug-likeness (QED) is 0.306. The highest BCUT2D eigenvalue weighted by atomic mass is 127. The van der Waals surface area contributed by atoms with Crippen molar-refractivity contribution in [2.75, 3.05) is 39.3 Å². The first kappa shape index (κ1) is 24.7. The Morgan fingerprint density at radius 2 is 2.18 bits per heavy atom. The van der Waals surface area contributed by atoms with Gasteiger partial charge in [-0.2, -0.15) is 0 Å². The zero-order chi connectivity index (χ0) is 19.6. The molecule has 8 heteroatoms. The second kappa shape index (κ2) is 13.0. The van der Waals surface area contributed by atoms with Crippen LogP contribution >= 0.6 is 24.0 Å². The molecule has 2 heterocycles. The Morgan fingerprint density at radius 3 is 2.75 bits per heavy atom. The topological polar surface area (TPSA) is 87.1 Å².